The quantitative estimate of drug-likeness (QED) is 0.170. The monoisotopic (exact) mass is 613 g/mol. The van der Waals surface area contributed by atoms with Crippen LogP contribution in [-0.2, 0) is 24.5 Å². The predicted molar refractivity (Wildman–Crippen MR) is 156 cm³/mol. The first-order valence-electron chi connectivity index (χ1n) is 12.9. The third-order valence-corrected chi connectivity index (χ3v) is 7.08. The Hall–Kier alpha value is -4.68. The molecule has 8 nitrogen and oxygen atoms in total. The lowest BCUT2D eigenvalue weighted by atomic mass is 10.0. The van der Waals surface area contributed by atoms with Crippen LogP contribution < -0.4 is 17.0 Å². The van der Waals surface area contributed by atoms with E-state index in [4.69, 9.17) is 22.1 Å². The fourth-order valence-corrected chi connectivity index (χ4v) is 5.01. The molecule has 2 aromatic heterocycles. The number of alkyl halides is 3. The van der Waals surface area contributed by atoms with Crippen molar-refractivity contribution >= 4 is 33.6 Å². The molecular formula is C30H24ClF4N5O3. The summed E-state index contributed by atoms with van der Waals surface area (Å²) in [7, 11) is 0. The number of nitrogen functional groups attached to an aromatic ring is 1. The van der Waals surface area contributed by atoms with Crippen molar-refractivity contribution in [1.29, 1.82) is 0 Å². The van der Waals surface area contributed by atoms with Crippen molar-refractivity contribution in [3.63, 3.8) is 0 Å². The summed E-state index contributed by atoms with van der Waals surface area (Å²) in [5.74, 6) is -0.711. The summed E-state index contributed by atoms with van der Waals surface area (Å²) in [5, 5.41) is 3.71. The van der Waals surface area contributed by atoms with Crippen molar-refractivity contribution in [2.24, 2.45) is 0 Å². The van der Waals surface area contributed by atoms with Gasteiger partial charge in [-0.05, 0) is 48.2 Å². The number of anilines is 1. The molecule has 0 radical (unpaired) electrons. The Balaban J connectivity index is 1.64. The van der Waals surface area contributed by atoms with Crippen LogP contribution in [0.5, 0.6) is 0 Å². The summed E-state index contributed by atoms with van der Waals surface area (Å²) in [6.07, 6.45) is -4.08. The number of nitrogens with two attached hydrogens (primary N) is 1. The van der Waals surface area contributed by atoms with Gasteiger partial charge in [-0.2, -0.15) is 17.9 Å². The van der Waals surface area contributed by atoms with Gasteiger partial charge in [-0.1, -0.05) is 48.5 Å². The molecule has 0 unspecified atom stereocenters. The van der Waals surface area contributed by atoms with Crippen molar-refractivity contribution in [2.45, 2.75) is 32.9 Å². The Morgan fingerprint density at radius 1 is 1.05 bits per heavy atom. The van der Waals surface area contributed by atoms with Crippen molar-refractivity contribution in [3.05, 3.63) is 122 Å². The van der Waals surface area contributed by atoms with Gasteiger partial charge in [0, 0.05) is 29.4 Å². The normalized spacial score (nSPS) is 11.8. The number of hydrogen-bond acceptors (Lipinski definition) is 5. The van der Waals surface area contributed by atoms with Gasteiger partial charge in [0.15, 0.2) is 11.6 Å². The summed E-state index contributed by atoms with van der Waals surface area (Å²) in [5.41, 5.74) is 2.90. The molecule has 2 N–H and O–H groups in total. The van der Waals surface area contributed by atoms with E-state index in [1.165, 1.54) is 28.8 Å². The number of hydrogen-bond donors (Lipinski definition) is 1. The maximum atomic E-state index is 14.9. The second-order valence-electron chi connectivity index (χ2n) is 9.59. The molecule has 0 aliphatic carbocycles. The zero-order valence-electron chi connectivity index (χ0n) is 22.7. The van der Waals surface area contributed by atoms with Gasteiger partial charge in [-0.25, -0.2) is 9.18 Å². The number of nitrogens with zero attached hydrogens (tertiary/aromatic N) is 4. The lowest BCUT2D eigenvalue weighted by Gasteiger charge is -2.18. The van der Waals surface area contributed by atoms with E-state index in [-0.39, 0.29) is 46.9 Å². The number of allylic oxidation sites excluding steroid dienone is 1. The van der Waals surface area contributed by atoms with Crippen molar-refractivity contribution in [1.82, 2.24) is 18.9 Å². The van der Waals surface area contributed by atoms with Crippen LogP contribution in [0.15, 0.2) is 83.0 Å². The van der Waals surface area contributed by atoms with Crippen LogP contribution in [0, 0.1) is 5.82 Å². The van der Waals surface area contributed by atoms with Crippen LogP contribution >= 0.6 is 11.6 Å². The molecule has 13 heteroatoms. The molecule has 0 atom stereocenters. The SMILES string of the molecule is C=C(c1cn(-c2c(F)cc(N)cc2Cl)c(=O)c2ccc(-n3nc(COCc4ccccc4)n(CC)c3=O)cc12)C(F)(F)F. The van der Waals surface area contributed by atoms with Gasteiger partial charge in [0.25, 0.3) is 5.56 Å². The van der Waals surface area contributed by atoms with E-state index in [2.05, 4.69) is 11.7 Å². The molecule has 0 saturated heterocycles. The van der Waals surface area contributed by atoms with E-state index in [9.17, 15) is 27.2 Å². The third-order valence-electron chi connectivity index (χ3n) is 6.79. The van der Waals surface area contributed by atoms with Crippen LogP contribution in [0.4, 0.5) is 23.2 Å². The number of halogens is 5. The highest BCUT2D eigenvalue weighted by Crippen LogP contribution is 2.37. The molecule has 43 heavy (non-hydrogen) atoms. The molecule has 222 valence electrons. The topological polar surface area (TPSA) is 97.1 Å². The summed E-state index contributed by atoms with van der Waals surface area (Å²) >= 11 is 6.16. The lowest BCUT2D eigenvalue weighted by Crippen LogP contribution is -2.25. The molecule has 5 rings (SSSR count). The first-order chi connectivity index (χ1) is 20.4. The molecule has 0 spiro atoms. The number of ether oxygens (including phenoxy) is 1. The fraction of sp³-hybridized carbons (Fsp3) is 0.167. The largest absolute Gasteiger partial charge is 0.416 e. The van der Waals surface area contributed by atoms with Crippen LogP contribution in [0.25, 0.3) is 27.7 Å². The molecule has 0 bridgehead atoms. The zero-order chi connectivity index (χ0) is 31.1. The number of aromatic nitrogens is 4. The summed E-state index contributed by atoms with van der Waals surface area (Å²) in [4.78, 5) is 26.7. The third kappa shape index (κ3) is 5.71. The van der Waals surface area contributed by atoms with Gasteiger partial charge >= 0.3 is 11.9 Å². The van der Waals surface area contributed by atoms with Gasteiger partial charge in [0.2, 0.25) is 0 Å². The zero-order valence-corrected chi connectivity index (χ0v) is 23.4. The average Bonchev–Trinajstić information content (AvgIpc) is 3.28. The molecular weight excluding hydrogens is 590 g/mol. The van der Waals surface area contributed by atoms with Crippen LogP contribution in [0.2, 0.25) is 5.02 Å². The van der Waals surface area contributed by atoms with Gasteiger partial charge in [-0.15, -0.1) is 5.10 Å². The Morgan fingerprint density at radius 2 is 1.77 bits per heavy atom. The van der Waals surface area contributed by atoms with Crippen molar-refractivity contribution < 1.29 is 22.3 Å². The first-order valence-corrected chi connectivity index (χ1v) is 13.3. The smallest absolute Gasteiger partial charge is 0.399 e. The lowest BCUT2D eigenvalue weighted by molar-refractivity contribution is -0.0686. The molecule has 5 aromatic rings. The van der Waals surface area contributed by atoms with Crippen LogP contribution in [-0.4, -0.2) is 25.1 Å². The van der Waals surface area contributed by atoms with E-state index in [0.717, 1.165) is 22.5 Å². The highest BCUT2D eigenvalue weighted by atomic mass is 35.5. The molecule has 2 heterocycles. The molecule has 0 amide bonds. The van der Waals surface area contributed by atoms with Crippen molar-refractivity contribution in [2.75, 3.05) is 5.73 Å². The van der Waals surface area contributed by atoms with E-state index in [1.807, 2.05) is 30.3 Å². The van der Waals surface area contributed by atoms with Gasteiger partial charge < -0.3 is 10.5 Å². The maximum absolute atomic E-state index is 14.9. The molecule has 3 aromatic carbocycles. The number of rotatable bonds is 8. The average molecular weight is 614 g/mol. The minimum absolute atomic E-state index is 0.00664. The van der Waals surface area contributed by atoms with Crippen molar-refractivity contribution in [3.8, 4) is 11.4 Å². The van der Waals surface area contributed by atoms with Crippen LogP contribution in [0.3, 0.4) is 0 Å². The second kappa shape index (κ2) is 11.5. The van der Waals surface area contributed by atoms with Gasteiger partial charge in [0.1, 0.15) is 12.3 Å². The maximum Gasteiger partial charge on any atom is 0.416 e. The Bertz CT molecular complexity index is 1960. The van der Waals surface area contributed by atoms with E-state index < -0.39 is 40.1 Å². The Kier molecular flexibility index (Phi) is 8.00. The van der Waals surface area contributed by atoms with Crippen LogP contribution in [0.1, 0.15) is 23.9 Å². The second-order valence-corrected chi connectivity index (χ2v) is 10.00. The predicted octanol–water partition coefficient (Wildman–Crippen LogP) is 6.03. The highest BCUT2D eigenvalue weighted by Gasteiger charge is 2.35. The fourth-order valence-electron chi connectivity index (χ4n) is 4.70. The summed E-state index contributed by atoms with van der Waals surface area (Å²) < 4.78 is 65.6. The number of fused-ring (bicyclic) bond motifs is 1. The first kappa shape index (κ1) is 29.8. The van der Waals surface area contributed by atoms with Gasteiger partial charge in [0.05, 0.1) is 22.9 Å². The minimum Gasteiger partial charge on any atom is -0.399 e. The Labute approximate surface area is 246 Å². The summed E-state index contributed by atoms with van der Waals surface area (Å²) in [6, 6.07) is 15.3. The van der Waals surface area contributed by atoms with E-state index in [0.29, 0.717) is 10.4 Å². The Morgan fingerprint density at radius 3 is 2.42 bits per heavy atom. The highest BCUT2D eigenvalue weighted by molar-refractivity contribution is 6.32. The molecule has 0 aliphatic rings. The number of benzene rings is 3. The number of pyridine rings is 1. The van der Waals surface area contributed by atoms with E-state index in [1.54, 1.807) is 6.92 Å². The standard InChI is InChI=1S/C30H24ClF4N5O3/c1-3-38-26(16-43-15-18-7-5-4-6-8-18)37-40(29(38)42)20-9-10-21-22(13-20)23(17(2)30(33,34)35)14-39(28(21)41)27-24(31)11-19(36)12-25(27)32/h4-14H,2-3,15-16,36H2,1H3. The minimum atomic E-state index is -4.90. The van der Waals surface area contributed by atoms with Gasteiger partial charge in [-0.3, -0.25) is 13.9 Å². The molecule has 0 fully saturated rings. The van der Waals surface area contributed by atoms with E-state index >= 15 is 0 Å². The molecule has 0 saturated carbocycles. The molecule has 0 aliphatic heterocycles. The summed E-state index contributed by atoms with van der Waals surface area (Å²) in [6.45, 7) is 5.45.